The topological polar surface area (TPSA) is 58.2 Å². The fourth-order valence-electron chi connectivity index (χ4n) is 2.44. The second-order valence-electron chi connectivity index (χ2n) is 5.01. The summed E-state index contributed by atoms with van der Waals surface area (Å²) in [5.74, 6) is 0.0783. The molecule has 1 aromatic carbocycles. The van der Waals surface area contributed by atoms with Crippen molar-refractivity contribution >= 4 is 17.5 Å². The van der Waals surface area contributed by atoms with Crippen molar-refractivity contribution in [3.05, 3.63) is 52.8 Å². The molecule has 3 rings (SSSR count). The van der Waals surface area contributed by atoms with Gasteiger partial charge in [-0.1, -0.05) is 23.7 Å². The summed E-state index contributed by atoms with van der Waals surface area (Å²) in [5, 5.41) is 7.35. The summed E-state index contributed by atoms with van der Waals surface area (Å²) in [6, 6.07) is 9.39. The third kappa shape index (κ3) is 3.43. The fraction of sp³-hybridized carbons (Fsp3) is 0.333. The zero-order chi connectivity index (χ0) is 14.7. The van der Waals surface area contributed by atoms with Crippen LogP contribution in [-0.4, -0.2) is 40.7 Å². The van der Waals surface area contributed by atoms with Crippen molar-refractivity contribution in [2.45, 2.75) is 12.5 Å². The van der Waals surface area contributed by atoms with Crippen LogP contribution in [0.3, 0.4) is 0 Å². The number of aromatic nitrogens is 2. The summed E-state index contributed by atoms with van der Waals surface area (Å²) in [5.41, 5.74) is 1.83. The van der Waals surface area contributed by atoms with Gasteiger partial charge in [-0.05, 0) is 23.8 Å². The summed E-state index contributed by atoms with van der Waals surface area (Å²) < 4.78 is 5.76. The van der Waals surface area contributed by atoms with Crippen molar-refractivity contribution in [2.75, 3.05) is 19.7 Å². The number of carbonyl (C=O) groups is 1. The molecule has 0 aliphatic carbocycles. The first-order valence-electron chi connectivity index (χ1n) is 6.85. The second kappa shape index (κ2) is 6.28. The Hall–Kier alpha value is -1.85. The Bertz CT molecular complexity index is 615. The highest BCUT2D eigenvalue weighted by Gasteiger charge is 2.25. The predicted octanol–water partition coefficient (Wildman–Crippen LogP) is 2.21. The van der Waals surface area contributed by atoms with Crippen LogP contribution in [0.4, 0.5) is 0 Å². The number of hydrogen-bond donors (Lipinski definition) is 1. The summed E-state index contributed by atoms with van der Waals surface area (Å²) in [6.07, 6.45) is 1.86. The summed E-state index contributed by atoms with van der Waals surface area (Å²) in [7, 11) is 0. The quantitative estimate of drug-likeness (QED) is 0.946. The zero-order valence-electron chi connectivity index (χ0n) is 11.5. The highest BCUT2D eigenvalue weighted by Crippen LogP contribution is 2.24. The molecule has 21 heavy (non-hydrogen) atoms. The largest absolute Gasteiger partial charge is 0.370 e. The van der Waals surface area contributed by atoms with Gasteiger partial charge in [-0.25, -0.2) is 0 Å². The van der Waals surface area contributed by atoms with Crippen LogP contribution < -0.4 is 0 Å². The van der Waals surface area contributed by atoms with Crippen molar-refractivity contribution in [3.8, 4) is 0 Å². The van der Waals surface area contributed by atoms with Gasteiger partial charge in [0.2, 0.25) is 5.91 Å². The van der Waals surface area contributed by atoms with E-state index in [1.807, 2.05) is 35.2 Å². The maximum absolute atomic E-state index is 12.3. The standard InChI is InChI=1S/C15H16ClN3O2/c16-12-3-1-2-11(8-12)14-10-19(6-7-21-14)15(20)9-13-4-5-17-18-13/h1-5,8,14H,6-7,9-10H2,(H,17,18)/t14-/m1/s1. The Morgan fingerprint density at radius 2 is 2.38 bits per heavy atom. The van der Waals surface area contributed by atoms with Crippen LogP contribution in [0, 0.1) is 0 Å². The van der Waals surface area contributed by atoms with Crippen LogP contribution in [0.15, 0.2) is 36.5 Å². The third-order valence-electron chi connectivity index (χ3n) is 3.54. The first-order valence-corrected chi connectivity index (χ1v) is 7.23. The maximum Gasteiger partial charge on any atom is 0.228 e. The number of H-pyrrole nitrogens is 1. The van der Waals surface area contributed by atoms with E-state index < -0.39 is 0 Å². The highest BCUT2D eigenvalue weighted by atomic mass is 35.5. The van der Waals surface area contributed by atoms with Gasteiger partial charge in [-0.3, -0.25) is 9.89 Å². The molecule has 2 heterocycles. The van der Waals surface area contributed by atoms with Crippen molar-refractivity contribution in [1.82, 2.24) is 15.1 Å². The molecule has 1 N–H and O–H groups in total. The average Bonchev–Trinajstić information content (AvgIpc) is 3.00. The van der Waals surface area contributed by atoms with Gasteiger partial charge < -0.3 is 9.64 Å². The molecule has 1 aliphatic heterocycles. The van der Waals surface area contributed by atoms with E-state index in [4.69, 9.17) is 16.3 Å². The van der Waals surface area contributed by atoms with Crippen LogP contribution in [-0.2, 0) is 16.0 Å². The van der Waals surface area contributed by atoms with Gasteiger partial charge in [0.25, 0.3) is 0 Å². The predicted molar refractivity (Wildman–Crippen MR) is 79.0 cm³/mol. The van der Waals surface area contributed by atoms with Gasteiger partial charge in [-0.15, -0.1) is 0 Å². The lowest BCUT2D eigenvalue weighted by Crippen LogP contribution is -2.43. The van der Waals surface area contributed by atoms with Gasteiger partial charge in [0.05, 0.1) is 19.6 Å². The van der Waals surface area contributed by atoms with E-state index in [1.165, 1.54) is 0 Å². The molecule has 110 valence electrons. The molecule has 2 aromatic rings. The van der Waals surface area contributed by atoms with E-state index in [2.05, 4.69) is 10.2 Å². The molecule has 1 amide bonds. The lowest BCUT2D eigenvalue weighted by atomic mass is 10.1. The zero-order valence-corrected chi connectivity index (χ0v) is 12.2. The van der Waals surface area contributed by atoms with Crippen molar-refractivity contribution < 1.29 is 9.53 Å². The Labute approximate surface area is 127 Å². The molecule has 6 heteroatoms. The number of ether oxygens (including phenoxy) is 1. The number of carbonyl (C=O) groups excluding carboxylic acids is 1. The van der Waals surface area contributed by atoms with Gasteiger partial charge in [-0.2, -0.15) is 5.10 Å². The molecule has 0 spiro atoms. The van der Waals surface area contributed by atoms with Crippen LogP contribution in [0.5, 0.6) is 0 Å². The Kier molecular flexibility index (Phi) is 4.22. The van der Waals surface area contributed by atoms with Crippen LogP contribution in [0.25, 0.3) is 0 Å². The lowest BCUT2D eigenvalue weighted by Gasteiger charge is -2.33. The van der Waals surface area contributed by atoms with Gasteiger partial charge in [0.1, 0.15) is 6.10 Å². The van der Waals surface area contributed by atoms with Crippen LogP contribution in [0.2, 0.25) is 5.02 Å². The number of morpholine rings is 1. The van der Waals surface area contributed by atoms with E-state index in [0.29, 0.717) is 31.1 Å². The van der Waals surface area contributed by atoms with E-state index in [1.54, 1.807) is 6.20 Å². The van der Waals surface area contributed by atoms with E-state index >= 15 is 0 Å². The number of benzene rings is 1. The minimum absolute atomic E-state index is 0.0783. The molecular formula is C15H16ClN3O2. The molecule has 1 fully saturated rings. The van der Waals surface area contributed by atoms with Crippen molar-refractivity contribution in [1.29, 1.82) is 0 Å². The van der Waals surface area contributed by atoms with Gasteiger partial charge in [0.15, 0.2) is 0 Å². The van der Waals surface area contributed by atoms with Gasteiger partial charge >= 0.3 is 0 Å². The number of amides is 1. The summed E-state index contributed by atoms with van der Waals surface area (Å²) in [4.78, 5) is 14.1. The smallest absolute Gasteiger partial charge is 0.228 e. The Morgan fingerprint density at radius 1 is 1.48 bits per heavy atom. The average molecular weight is 306 g/mol. The molecule has 5 nitrogen and oxygen atoms in total. The maximum atomic E-state index is 12.3. The van der Waals surface area contributed by atoms with Crippen LogP contribution in [0.1, 0.15) is 17.4 Å². The second-order valence-corrected chi connectivity index (χ2v) is 5.45. The molecule has 0 unspecified atom stereocenters. The monoisotopic (exact) mass is 305 g/mol. The highest BCUT2D eigenvalue weighted by molar-refractivity contribution is 6.30. The molecule has 0 radical (unpaired) electrons. The van der Waals surface area contributed by atoms with E-state index in [9.17, 15) is 4.79 Å². The minimum Gasteiger partial charge on any atom is -0.370 e. The lowest BCUT2D eigenvalue weighted by molar-refractivity contribution is -0.138. The summed E-state index contributed by atoms with van der Waals surface area (Å²) >= 11 is 6.01. The number of rotatable bonds is 3. The van der Waals surface area contributed by atoms with Crippen molar-refractivity contribution in [3.63, 3.8) is 0 Å². The molecule has 1 saturated heterocycles. The molecule has 1 atom stereocenters. The first kappa shape index (κ1) is 14.1. The number of nitrogens with zero attached hydrogens (tertiary/aromatic N) is 2. The molecule has 0 saturated carbocycles. The SMILES string of the molecule is O=C(Cc1ccn[nH]1)N1CCO[C@@H](c2cccc(Cl)c2)C1. The van der Waals surface area contributed by atoms with Crippen molar-refractivity contribution in [2.24, 2.45) is 0 Å². The fourth-order valence-corrected chi connectivity index (χ4v) is 2.64. The summed E-state index contributed by atoms with van der Waals surface area (Å²) in [6.45, 7) is 1.70. The Morgan fingerprint density at radius 3 is 3.14 bits per heavy atom. The number of hydrogen-bond acceptors (Lipinski definition) is 3. The number of nitrogens with one attached hydrogen (secondary N) is 1. The Balaban J connectivity index is 1.66. The minimum atomic E-state index is -0.122. The van der Waals surface area contributed by atoms with Gasteiger partial charge in [0, 0.05) is 23.5 Å². The molecule has 1 aromatic heterocycles. The molecule has 1 aliphatic rings. The van der Waals surface area contributed by atoms with E-state index in [0.717, 1.165) is 11.3 Å². The normalized spacial score (nSPS) is 18.7. The third-order valence-corrected chi connectivity index (χ3v) is 3.77. The van der Waals surface area contributed by atoms with E-state index in [-0.39, 0.29) is 12.0 Å². The number of halogens is 1. The molecular weight excluding hydrogens is 290 g/mol. The van der Waals surface area contributed by atoms with Crippen LogP contribution >= 0.6 is 11.6 Å². The first-order chi connectivity index (χ1) is 10.2. The molecule has 0 bridgehead atoms. The number of aromatic amines is 1.